The SMILES string of the molecule is CO[C@@]1(c2cccc(C(N)=O)n2)[C@@H]2CCC[C@H]1CN(C)C2.Cl. The lowest BCUT2D eigenvalue weighted by molar-refractivity contribution is -0.168. The molecule has 1 aromatic rings. The lowest BCUT2D eigenvalue weighted by Gasteiger charge is -2.54. The van der Waals surface area contributed by atoms with E-state index < -0.39 is 5.91 Å². The second kappa shape index (κ2) is 6.52. The summed E-state index contributed by atoms with van der Waals surface area (Å²) in [6.07, 6.45) is 3.51. The molecule has 3 atom stereocenters. The number of amides is 1. The lowest BCUT2D eigenvalue weighted by Crippen LogP contribution is -2.58. The smallest absolute Gasteiger partial charge is 0.267 e. The molecular weight excluding hydrogens is 302 g/mol. The number of carbonyl (C=O) groups excluding carboxylic acids is 1. The van der Waals surface area contributed by atoms with Crippen LogP contribution in [0.4, 0.5) is 0 Å². The number of fused-ring (bicyclic) bond motifs is 2. The van der Waals surface area contributed by atoms with E-state index in [1.807, 2.05) is 12.1 Å². The van der Waals surface area contributed by atoms with Crippen molar-refractivity contribution in [2.75, 3.05) is 27.2 Å². The van der Waals surface area contributed by atoms with Crippen molar-refractivity contribution in [1.82, 2.24) is 9.88 Å². The number of hydrogen-bond donors (Lipinski definition) is 1. The molecule has 2 aliphatic rings. The Morgan fingerprint density at radius 1 is 1.36 bits per heavy atom. The lowest BCUT2D eigenvalue weighted by atomic mass is 9.63. The van der Waals surface area contributed by atoms with E-state index in [1.54, 1.807) is 13.2 Å². The molecule has 0 radical (unpaired) electrons. The van der Waals surface area contributed by atoms with Crippen LogP contribution in [0.5, 0.6) is 0 Å². The summed E-state index contributed by atoms with van der Waals surface area (Å²) in [6, 6.07) is 5.50. The van der Waals surface area contributed by atoms with Crippen molar-refractivity contribution < 1.29 is 9.53 Å². The van der Waals surface area contributed by atoms with E-state index in [1.165, 1.54) is 6.42 Å². The van der Waals surface area contributed by atoms with Crippen molar-refractivity contribution in [2.24, 2.45) is 17.6 Å². The van der Waals surface area contributed by atoms with Crippen LogP contribution in [0.2, 0.25) is 0 Å². The summed E-state index contributed by atoms with van der Waals surface area (Å²) in [5.74, 6) is 0.340. The van der Waals surface area contributed by atoms with E-state index in [0.29, 0.717) is 17.5 Å². The van der Waals surface area contributed by atoms with Gasteiger partial charge in [0.25, 0.3) is 5.91 Å². The van der Waals surface area contributed by atoms with Crippen LogP contribution >= 0.6 is 12.4 Å². The van der Waals surface area contributed by atoms with E-state index >= 15 is 0 Å². The van der Waals surface area contributed by atoms with Crippen LogP contribution in [0.1, 0.15) is 35.4 Å². The van der Waals surface area contributed by atoms with E-state index in [9.17, 15) is 4.79 Å². The Hall–Kier alpha value is -1.17. The van der Waals surface area contributed by atoms with Crippen LogP contribution in [0, 0.1) is 11.8 Å². The van der Waals surface area contributed by atoms with Gasteiger partial charge in [-0.2, -0.15) is 0 Å². The number of rotatable bonds is 3. The van der Waals surface area contributed by atoms with E-state index in [0.717, 1.165) is 31.6 Å². The first-order valence-electron chi connectivity index (χ1n) is 7.59. The number of nitrogens with zero attached hydrogens (tertiary/aromatic N) is 2. The van der Waals surface area contributed by atoms with Crippen molar-refractivity contribution in [3.63, 3.8) is 0 Å². The number of halogens is 1. The van der Waals surface area contributed by atoms with Gasteiger partial charge in [0, 0.05) is 32.0 Å². The number of aromatic nitrogens is 1. The normalized spacial score (nSPS) is 31.4. The molecule has 1 aliphatic carbocycles. The Morgan fingerprint density at radius 3 is 2.55 bits per heavy atom. The molecule has 1 saturated heterocycles. The predicted molar refractivity (Wildman–Crippen MR) is 87.0 cm³/mol. The first kappa shape index (κ1) is 17.2. The summed E-state index contributed by atoms with van der Waals surface area (Å²) in [4.78, 5) is 18.3. The largest absolute Gasteiger partial charge is 0.371 e. The molecule has 1 aliphatic heterocycles. The van der Waals surface area contributed by atoms with E-state index in [4.69, 9.17) is 10.5 Å². The van der Waals surface area contributed by atoms with E-state index in [2.05, 4.69) is 16.9 Å². The fraction of sp³-hybridized carbons (Fsp3) is 0.625. The standard InChI is InChI=1S/C16H23N3O2.ClH/c1-19-9-11-5-3-6-12(10-19)16(11,21-2)14-8-4-7-13(18-14)15(17)20;/h4,7-8,11-12H,3,5-6,9-10H2,1-2H3,(H2,17,20);1H/t11-,12+,16+;. The number of pyridine rings is 1. The van der Waals surface area contributed by atoms with Crippen molar-refractivity contribution in [2.45, 2.75) is 24.9 Å². The van der Waals surface area contributed by atoms with Gasteiger partial charge in [0.15, 0.2) is 0 Å². The maximum atomic E-state index is 11.4. The van der Waals surface area contributed by atoms with Gasteiger partial charge in [-0.1, -0.05) is 12.5 Å². The number of primary amides is 1. The fourth-order valence-corrected chi connectivity index (χ4v) is 4.30. The van der Waals surface area contributed by atoms with E-state index in [-0.39, 0.29) is 18.0 Å². The Morgan fingerprint density at radius 2 is 2.00 bits per heavy atom. The Labute approximate surface area is 137 Å². The molecule has 0 aromatic carbocycles. The van der Waals surface area contributed by atoms with Gasteiger partial charge < -0.3 is 15.4 Å². The molecule has 1 amide bonds. The van der Waals surface area contributed by atoms with Gasteiger partial charge in [-0.25, -0.2) is 4.98 Å². The van der Waals surface area contributed by atoms with Crippen molar-refractivity contribution in [3.8, 4) is 0 Å². The van der Waals surface area contributed by atoms with Crippen molar-refractivity contribution in [3.05, 3.63) is 29.6 Å². The zero-order valence-corrected chi connectivity index (χ0v) is 13.9. The van der Waals surface area contributed by atoms with Crippen LogP contribution in [-0.2, 0) is 10.3 Å². The monoisotopic (exact) mass is 325 g/mol. The molecule has 1 aromatic heterocycles. The first-order valence-corrected chi connectivity index (χ1v) is 7.59. The summed E-state index contributed by atoms with van der Waals surface area (Å²) >= 11 is 0. The zero-order valence-electron chi connectivity index (χ0n) is 13.1. The van der Waals surface area contributed by atoms with Crippen LogP contribution in [0.25, 0.3) is 0 Å². The molecule has 22 heavy (non-hydrogen) atoms. The van der Waals surface area contributed by atoms with Crippen molar-refractivity contribution in [1.29, 1.82) is 0 Å². The third-order valence-electron chi connectivity index (χ3n) is 5.12. The van der Waals surface area contributed by atoms with Gasteiger partial charge >= 0.3 is 0 Å². The molecule has 2 fully saturated rings. The minimum absolute atomic E-state index is 0. The van der Waals surface area contributed by atoms with Crippen LogP contribution < -0.4 is 5.73 Å². The average Bonchev–Trinajstić information content (AvgIpc) is 2.46. The number of piperidine rings is 1. The molecule has 0 spiro atoms. The van der Waals surface area contributed by atoms with Gasteiger partial charge in [0.05, 0.1) is 5.69 Å². The molecular formula is C16H24ClN3O2. The van der Waals surface area contributed by atoms with Gasteiger partial charge in [0.2, 0.25) is 0 Å². The second-order valence-electron chi connectivity index (χ2n) is 6.32. The summed E-state index contributed by atoms with van der Waals surface area (Å²) in [7, 11) is 3.94. The first-order chi connectivity index (χ1) is 10.1. The average molecular weight is 326 g/mol. The van der Waals surface area contributed by atoms with Crippen LogP contribution in [-0.4, -0.2) is 43.0 Å². The highest BCUT2D eigenvalue weighted by atomic mass is 35.5. The Bertz CT molecular complexity index is 538. The summed E-state index contributed by atoms with van der Waals surface area (Å²) in [5.41, 5.74) is 6.19. The number of hydrogen-bond acceptors (Lipinski definition) is 4. The van der Waals surface area contributed by atoms with Crippen LogP contribution in [0.15, 0.2) is 18.2 Å². The molecule has 2 heterocycles. The number of methoxy groups -OCH3 is 1. The zero-order chi connectivity index (χ0) is 15.0. The third kappa shape index (κ3) is 2.62. The molecule has 2 N–H and O–H groups in total. The fourth-order valence-electron chi connectivity index (χ4n) is 4.30. The highest BCUT2D eigenvalue weighted by Gasteiger charge is 2.53. The number of likely N-dealkylation sites (tertiary alicyclic amines) is 1. The molecule has 5 nitrogen and oxygen atoms in total. The van der Waals surface area contributed by atoms with Gasteiger partial charge in [-0.05, 0) is 32.0 Å². The maximum absolute atomic E-state index is 11.4. The molecule has 1 saturated carbocycles. The maximum Gasteiger partial charge on any atom is 0.267 e. The molecule has 0 unspecified atom stereocenters. The van der Waals surface area contributed by atoms with Crippen molar-refractivity contribution >= 4 is 18.3 Å². The highest BCUT2D eigenvalue weighted by Crippen LogP contribution is 2.50. The topological polar surface area (TPSA) is 68.5 Å². The third-order valence-corrected chi connectivity index (χ3v) is 5.12. The second-order valence-corrected chi connectivity index (χ2v) is 6.32. The summed E-state index contributed by atoms with van der Waals surface area (Å²) in [6.45, 7) is 2.01. The molecule has 6 heteroatoms. The number of nitrogens with two attached hydrogens (primary N) is 1. The number of ether oxygens (including phenoxy) is 1. The molecule has 2 bridgehead atoms. The van der Waals surface area contributed by atoms with Gasteiger partial charge in [-0.15, -0.1) is 12.4 Å². The molecule has 122 valence electrons. The van der Waals surface area contributed by atoms with Gasteiger partial charge in [-0.3, -0.25) is 4.79 Å². The minimum atomic E-state index is -0.485. The summed E-state index contributed by atoms with van der Waals surface area (Å²) < 4.78 is 6.07. The Kier molecular flexibility index (Phi) is 5.10. The van der Waals surface area contributed by atoms with Crippen LogP contribution in [0.3, 0.4) is 0 Å². The number of carbonyl (C=O) groups is 1. The Balaban J connectivity index is 0.00000176. The van der Waals surface area contributed by atoms with Gasteiger partial charge in [0.1, 0.15) is 11.3 Å². The predicted octanol–water partition coefficient (Wildman–Crippen LogP) is 1.81. The highest BCUT2D eigenvalue weighted by molar-refractivity contribution is 5.90. The summed E-state index contributed by atoms with van der Waals surface area (Å²) in [5, 5.41) is 0. The minimum Gasteiger partial charge on any atom is -0.371 e. The quantitative estimate of drug-likeness (QED) is 0.920. The molecule has 3 rings (SSSR count).